The van der Waals surface area contributed by atoms with Gasteiger partial charge in [-0.05, 0) is 43.5 Å². The van der Waals surface area contributed by atoms with Crippen molar-refractivity contribution in [2.45, 2.75) is 25.4 Å². The summed E-state index contributed by atoms with van der Waals surface area (Å²) < 4.78 is 16.7. The summed E-state index contributed by atoms with van der Waals surface area (Å²) in [7, 11) is 1.65. The van der Waals surface area contributed by atoms with Crippen LogP contribution in [0.5, 0.6) is 11.5 Å². The fraction of sp³-hybridized carbons (Fsp3) is 0.571. The second kappa shape index (κ2) is 6.61. The third-order valence-corrected chi connectivity index (χ3v) is 3.07. The van der Waals surface area contributed by atoms with Crippen LogP contribution in [0.1, 0.15) is 18.4 Å². The van der Waals surface area contributed by atoms with Crippen molar-refractivity contribution in [1.82, 2.24) is 0 Å². The summed E-state index contributed by atoms with van der Waals surface area (Å²) in [5, 5.41) is 0. The van der Waals surface area contributed by atoms with Crippen LogP contribution in [0, 0.1) is 0 Å². The van der Waals surface area contributed by atoms with E-state index in [1.807, 2.05) is 18.2 Å². The van der Waals surface area contributed by atoms with Gasteiger partial charge in [0.05, 0.1) is 13.7 Å². The summed E-state index contributed by atoms with van der Waals surface area (Å²) >= 11 is 0. The molecule has 1 atom stereocenters. The van der Waals surface area contributed by atoms with Gasteiger partial charge in [-0.15, -0.1) is 0 Å². The van der Waals surface area contributed by atoms with Gasteiger partial charge in [0.2, 0.25) is 0 Å². The summed E-state index contributed by atoms with van der Waals surface area (Å²) in [6, 6.07) is 5.97. The molecule has 0 radical (unpaired) electrons. The van der Waals surface area contributed by atoms with Gasteiger partial charge in [0.25, 0.3) is 0 Å². The van der Waals surface area contributed by atoms with Gasteiger partial charge in [-0.1, -0.05) is 6.07 Å². The van der Waals surface area contributed by atoms with Crippen LogP contribution in [-0.2, 0) is 11.2 Å². The first-order valence-corrected chi connectivity index (χ1v) is 6.45. The van der Waals surface area contributed by atoms with Crippen LogP contribution in [0.4, 0.5) is 0 Å². The second-order valence-electron chi connectivity index (χ2n) is 4.48. The normalized spacial score (nSPS) is 19.6. The summed E-state index contributed by atoms with van der Waals surface area (Å²) in [5.74, 6) is 1.56. The predicted molar refractivity (Wildman–Crippen MR) is 70.2 cm³/mol. The van der Waals surface area contributed by atoms with Crippen molar-refractivity contribution in [1.29, 1.82) is 0 Å². The van der Waals surface area contributed by atoms with E-state index < -0.39 is 0 Å². The van der Waals surface area contributed by atoms with Crippen molar-refractivity contribution in [3.63, 3.8) is 0 Å². The van der Waals surface area contributed by atoms with E-state index >= 15 is 0 Å². The number of methoxy groups -OCH3 is 1. The lowest BCUT2D eigenvalue weighted by atomic mass is 10.1. The molecule has 1 aromatic rings. The van der Waals surface area contributed by atoms with Crippen molar-refractivity contribution in [2.75, 3.05) is 26.9 Å². The van der Waals surface area contributed by atoms with E-state index in [9.17, 15) is 0 Å². The van der Waals surface area contributed by atoms with Gasteiger partial charge >= 0.3 is 0 Å². The topological polar surface area (TPSA) is 53.7 Å². The first-order chi connectivity index (χ1) is 8.83. The molecule has 2 rings (SSSR count). The standard InChI is InChI=1S/C14H21NO3/c1-16-13-5-4-11(6-7-15)9-14(13)18-12-3-2-8-17-10-12/h4-5,9,12H,2-3,6-8,10,15H2,1H3. The Hall–Kier alpha value is -1.26. The largest absolute Gasteiger partial charge is 0.493 e. The molecule has 1 saturated heterocycles. The highest BCUT2D eigenvalue weighted by Crippen LogP contribution is 2.30. The molecule has 1 aromatic carbocycles. The summed E-state index contributed by atoms with van der Waals surface area (Å²) in [6.07, 6.45) is 3.06. The Morgan fingerprint density at radius 2 is 2.28 bits per heavy atom. The lowest BCUT2D eigenvalue weighted by Crippen LogP contribution is -2.28. The van der Waals surface area contributed by atoms with Gasteiger partial charge in [-0.2, -0.15) is 0 Å². The number of rotatable bonds is 5. The van der Waals surface area contributed by atoms with Gasteiger partial charge in [-0.3, -0.25) is 0 Å². The molecule has 0 spiro atoms. The molecular weight excluding hydrogens is 230 g/mol. The number of nitrogens with two attached hydrogens (primary N) is 1. The van der Waals surface area contributed by atoms with Crippen LogP contribution in [0.3, 0.4) is 0 Å². The minimum absolute atomic E-state index is 0.126. The average Bonchev–Trinajstić information content (AvgIpc) is 2.41. The first-order valence-electron chi connectivity index (χ1n) is 6.45. The molecule has 100 valence electrons. The molecule has 2 N–H and O–H groups in total. The Bertz CT molecular complexity index is 375. The molecule has 1 aliphatic rings. The maximum atomic E-state index is 5.97. The molecule has 1 heterocycles. The second-order valence-corrected chi connectivity index (χ2v) is 4.48. The van der Waals surface area contributed by atoms with E-state index in [0.717, 1.165) is 37.4 Å². The number of benzene rings is 1. The fourth-order valence-electron chi connectivity index (χ4n) is 2.12. The Morgan fingerprint density at radius 3 is 2.94 bits per heavy atom. The fourth-order valence-corrected chi connectivity index (χ4v) is 2.12. The molecule has 1 aliphatic heterocycles. The van der Waals surface area contributed by atoms with E-state index in [1.54, 1.807) is 7.11 Å². The maximum Gasteiger partial charge on any atom is 0.161 e. The summed E-state index contributed by atoms with van der Waals surface area (Å²) in [4.78, 5) is 0. The summed E-state index contributed by atoms with van der Waals surface area (Å²) in [6.45, 7) is 2.13. The third kappa shape index (κ3) is 3.37. The lowest BCUT2D eigenvalue weighted by molar-refractivity contribution is 0.00641. The highest BCUT2D eigenvalue weighted by atomic mass is 16.5. The van der Waals surface area contributed by atoms with Crippen LogP contribution < -0.4 is 15.2 Å². The molecule has 0 aromatic heterocycles. The Labute approximate surface area is 108 Å². The Balaban J connectivity index is 2.09. The van der Waals surface area contributed by atoms with Crippen LogP contribution >= 0.6 is 0 Å². The smallest absolute Gasteiger partial charge is 0.161 e. The number of hydrogen-bond donors (Lipinski definition) is 1. The zero-order valence-electron chi connectivity index (χ0n) is 10.9. The zero-order valence-corrected chi connectivity index (χ0v) is 10.9. The third-order valence-electron chi connectivity index (χ3n) is 3.07. The summed E-state index contributed by atoms with van der Waals surface area (Å²) in [5.41, 5.74) is 6.74. The molecule has 4 heteroatoms. The quantitative estimate of drug-likeness (QED) is 0.866. The van der Waals surface area contributed by atoms with Crippen LogP contribution in [0.2, 0.25) is 0 Å². The van der Waals surface area contributed by atoms with E-state index in [1.165, 1.54) is 5.56 Å². The predicted octanol–water partition coefficient (Wildman–Crippen LogP) is 1.75. The van der Waals surface area contributed by atoms with Crippen molar-refractivity contribution in [3.05, 3.63) is 23.8 Å². The zero-order chi connectivity index (χ0) is 12.8. The van der Waals surface area contributed by atoms with Gasteiger partial charge < -0.3 is 19.9 Å². The first kappa shape index (κ1) is 13.2. The van der Waals surface area contributed by atoms with Crippen LogP contribution in [0.25, 0.3) is 0 Å². The number of hydrogen-bond acceptors (Lipinski definition) is 4. The van der Waals surface area contributed by atoms with E-state index in [0.29, 0.717) is 13.2 Å². The van der Waals surface area contributed by atoms with Gasteiger partial charge in [-0.25, -0.2) is 0 Å². The van der Waals surface area contributed by atoms with Crippen LogP contribution in [-0.4, -0.2) is 33.0 Å². The molecule has 4 nitrogen and oxygen atoms in total. The highest BCUT2D eigenvalue weighted by Gasteiger charge is 2.17. The highest BCUT2D eigenvalue weighted by molar-refractivity contribution is 5.43. The maximum absolute atomic E-state index is 5.97. The SMILES string of the molecule is COc1ccc(CCN)cc1OC1CCCOC1. The van der Waals surface area contributed by atoms with Crippen molar-refractivity contribution in [2.24, 2.45) is 5.73 Å². The molecule has 0 bridgehead atoms. The van der Waals surface area contributed by atoms with Crippen molar-refractivity contribution < 1.29 is 14.2 Å². The van der Waals surface area contributed by atoms with Gasteiger partial charge in [0, 0.05) is 6.61 Å². The lowest BCUT2D eigenvalue weighted by Gasteiger charge is -2.24. The Kier molecular flexibility index (Phi) is 4.84. The molecule has 0 saturated carbocycles. The van der Waals surface area contributed by atoms with Crippen molar-refractivity contribution >= 4 is 0 Å². The molecule has 0 amide bonds. The monoisotopic (exact) mass is 251 g/mol. The van der Waals surface area contributed by atoms with E-state index in [-0.39, 0.29) is 6.10 Å². The van der Waals surface area contributed by atoms with Gasteiger partial charge in [0.1, 0.15) is 6.10 Å². The molecular formula is C14H21NO3. The van der Waals surface area contributed by atoms with Crippen molar-refractivity contribution in [3.8, 4) is 11.5 Å². The number of ether oxygens (including phenoxy) is 3. The molecule has 0 aliphatic carbocycles. The van der Waals surface area contributed by atoms with Gasteiger partial charge in [0.15, 0.2) is 11.5 Å². The Morgan fingerprint density at radius 1 is 1.39 bits per heavy atom. The van der Waals surface area contributed by atoms with Crippen LogP contribution in [0.15, 0.2) is 18.2 Å². The molecule has 18 heavy (non-hydrogen) atoms. The van der Waals surface area contributed by atoms with E-state index in [2.05, 4.69) is 0 Å². The minimum Gasteiger partial charge on any atom is -0.493 e. The molecule has 1 fully saturated rings. The average molecular weight is 251 g/mol. The van der Waals surface area contributed by atoms with E-state index in [4.69, 9.17) is 19.9 Å². The minimum atomic E-state index is 0.126. The molecule has 1 unspecified atom stereocenters.